The normalized spacial score (nSPS) is 17.8. The molecule has 2 rings (SSSR count). The van der Waals surface area contributed by atoms with Gasteiger partial charge in [0.15, 0.2) is 17.3 Å². The predicted molar refractivity (Wildman–Crippen MR) is 72.6 cm³/mol. The van der Waals surface area contributed by atoms with Crippen molar-refractivity contribution in [3.05, 3.63) is 22.7 Å². The molecule has 1 aromatic rings. The summed E-state index contributed by atoms with van der Waals surface area (Å²) in [5.74, 6) is -1.04. The Hall–Kier alpha value is -1.75. The summed E-state index contributed by atoms with van der Waals surface area (Å²) in [4.78, 5) is 24.3. The van der Waals surface area contributed by atoms with Gasteiger partial charge in [0.05, 0.1) is 25.9 Å². The molecule has 5 nitrogen and oxygen atoms in total. The highest BCUT2D eigenvalue weighted by atomic mass is 35.5. The Morgan fingerprint density at radius 3 is 2.90 bits per heavy atom. The summed E-state index contributed by atoms with van der Waals surface area (Å²) < 4.78 is 15.6. The number of Topliss-reactive ketones (excluding diaryl/α,β-unsaturated/α-hetero) is 1. The molecule has 0 saturated heterocycles. The lowest BCUT2D eigenvalue weighted by Crippen LogP contribution is -2.26. The van der Waals surface area contributed by atoms with Crippen LogP contribution >= 0.6 is 11.6 Å². The molecule has 0 amide bonds. The van der Waals surface area contributed by atoms with E-state index in [2.05, 4.69) is 0 Å². The fourth-order valence-corrected chi connectivity index (χ4v) is 2.33. The lowest BCUT2D eigenvalue weighted by Gasteiger charge is -2.12. The van der Waals surface area contributed by atoms with Gasteiger partial charge in [-0.25, -0.2) is 0 Å². The van der Waals surface area contributed by atoms with Gasteiger partial charge < -0.3 is 14.2 Å². The summed E-state index contributed by atoms with van der Waals surface area (Å²) in [6.45, 7) is 2.17. The molecule has 1 unspecified atom stereocenters. The first-order valence-corrected chi connectivity index (χ1v) is 6.67. The molecule has 0 N–H and O–H groups in total. The highest BCUT2D eigenvalue weighted by molar-refractivity contribution is 6.31. The van der Waals surface area contributed by atoms with E-state index in [1.54, 1.807) is 13.0 Å². The Bertz CT molecular complexity index is 541. The number of ketones is 1. The van der Waals surface area contributed by atoms with Crippen LogP contribution in [0.2, 0.25) is 5.02 Å². The smallest absolute Gasteiger partial charge is 0.316 e. The monoisotopic (exact) mass is 298 g/mol. The van der Waals surface area contributed by atoms with Gasteiger partial charge in [0.2, 0.25) is 0 Å². The van der Waals surface area contributed by atoms with Gasteiger partial charge in [0.25, 0.3) is 0 Å². The lowest BCUT2D eigenvalue weighted by atomic mass is 9.95. The first kappa shape index (κ1) is 14.7. The second-order valence-electron chi connectivity index (χ2n) is 4.29. The van der Waals surface area contributed by atoms with Crippen LogP contribution in [-0.2, 0) is 9.53 Å². The van der Waals surface area contributed by atoms with Crippen LogP contribution < -0.4 is 9.47 Å². The topological polar surface area (TPSA) is 61.8 Å². The van der Waals surface area contributed by atoms with Crippen molar-refractivity contribution in [2.24, 2.45) is 5.92 Å². The molecular formula is C14H15ClO5. The average molecular weight is 299 g/mol. The van der Waals surface area contributed by atoms with Gasteiger partial charge in [0, 0.05) is 17.5 Å². The van der Waals surface area contributed by atoms with Crippen LogP contribution in [0.25, 0.3) is 0 Å². The lowest BCUT2D eigenvalue weighted by molar-refractivity contribution is -0.146. The number of ether oxygens (including phenoxy) is 3. The predicted octanol–water partition coefficient (Wildman–Crippen LogP) is 2.49. The van der Waals surface area contributed by atoms with Crippen molar-refractivity contribution < 1.29 is 23.8 Å². The third-order valence-corrected chi connectivity index (χ3v) is 3.26. The average Bonchev–Trinajstić information content (AvgIpc) is 2.58. The fraction of sp³-hybridized carbons (Fsp3) is 0.429. The van der Waals surface area contributed by atoms with Crippen LogP contribution in [-0.4, -0.2) is 32.1 Å². The van der Waals surface area contributed by atoms with Gasteiger partial charge in [0.1, 0.15) is 5.92 Å². The molecule has 0 spiro atoms. The first-order chi connectivity index (χ1) is 9.58. The van der Waals surface area contributed by atoms with E-state index in [9.17, 15) is 9.59 Å². The molecule has 0 fully saturated rings. The third-order valence-electron chi connectivity index (χ3n) is 3.05. The molecule has 0 saturated carbocycles. The summed E-state index contributed by atoms with van der Waals surface area (Å²) in [7, 11) is 1.47. The van der Waals surface area contributed by atoms with Crippen molar-refractivity contribution in [3.8, 4) is 11.5 Å². The van der Waals surface area contributed by atoms with E-state index in [0.717, 1.165) is 0 Å². The molecule has 1 aliphatic rings. The van der Waals surface area contributed by atoms with Crippen molar-refractivity contribution in [2.45, 2.75) is 13.3 Å². The van der Waals surface area contributed by atoms with Crippen molar-refractivity contribution in [2.75, 3.05) is 20.3 Å². The van der Waals surface area contributed by atoms with Crippen molar-refractivity contribution in [1.82, 2.24) is 0 Å². The number of carbonyl (C=O) groups excluding carboxylic acids is 2. The number of hydrogen-bond donors (Lipinski definition) is 0. The number of carbonyl (C=O) groups is 2. The molecule has 1 heterocycles. The van der Waals surface area contributed by atoms with E-state index in [-0.39, 0.29) is 31.0 Å². The van der Waals surface area contributed by atoms with Gasteiger partial charge in [-0.1, -0.05) is 11.6 Å². The van der Waals surface area contributed by atoms with Crippen molar-refractivity contribution in [1.29, 1.82) is 0 Å². The van der Waals surface area contributed by atoms with Crippen LogP contribution in [0.3, 0.4) is 0 Å². The molecule has 1 aliphatic heterocycles. The summed E-state index contributed by atoms with van der Waals surface area (Å²) >= 11 is 5.96. The number of halogens is 1. The molecule has 108 valence electrons. The second kappa shape index (κ2) is 6.13. The Balaban J connectivity index is 2.43. The van der Waals surface area contributed by atoms with Crippen LogP contribution in [0.4, 0.5) is 0 Å². The van der Waals surface area contributed by atoms with Crippen molar-refractivity contribution >= 4 is 23.4 Å². The highest BCUT2D eigenvalue weighted by Crippen LogP contribution is 2.38. The third kappa shape index (κ3) is 2.72. The minimum Gasteiger partial charge on any atom is -0.493 e. The maximum absolute atomic E-state index is 12.5. The molecule has 1 aromatic carbocycles. The first-order valence-electron chi connectivity index (χ1n) is 6.29. The maximum atomic E-state index is 12.5. The van der Waals surface area contributed by atoms with E-state index in [1.807, 2.05) is 0 Å². The van der Waals surface area contributed by atoms with Crippen LogP contribution in [0.5, 0.6) is 11.5 Å². The molecule has 6 heteroatoms. The number of esters is 1. The number of methoxy groups -OCH3 is 1. The Kier molecular flexibility index (Phi) is 4.49. The summed E-state index contributed by atoms with van der Waals surface area (Å²) in [5.41, 5.74) is 0.255. The molecule has 0 aromatic heterocycles. The fourth-order valence-electron chi connectivity index (χ4n) is 2.12. The van der Waals surface area contributed by atoms with Crippen LogP contribution in [0, 0.1) is 5.92 Å². The van der Waals surface area contributed by atoms with Gasteiger partial charge in [-0.05, 0) is 13.0 Å². The van der Waals surface area contributed by atoms with E-state index in [1.165, 1.54) is 13.2 Å². The minimum atomic E-state index is -0.862. The zero-order valence-electron chi connectivity index (χ0n) is 11.3. The molecular weight excluding hydrogens is 284 g/mol. The van der Waals surface area contributed by atoms with E-state index >= 15 is 0 Å². The van der Waals surface area contributed by atoms with Gasteiger partial charge in [-0.2, -0.15) is 0 Å². The van der Waals surface area contributed by atoms with E-state index < -0.39 is 11.9 Å². The van der Waals surface area contributed by atoms with Gasteiger partial charge in [-0.3, -0.25) is 9.59 Å². The standard InChI is InChI=1S/C14H15ClO5/c1-3-19-14(17)9-4-5-20-13-10(12(9)16)6-8(15)7-11(13)18-2/h6-7,9H,3-5H2,1-2H3. The second-order valence-corrected chi connectivity index (χ2v) is 4.73. The summed E-state index contributed by atoms with van der Waals surface area (Å²) in [6.07, 6.45) is 0.271. The minimum absolute atomic E-state index is 0.231. The SMILES string of the molecule is CCOC(=O)C1CCOc2c(OC)cc(Cl)cc2C1=O. The summed E-state index contributed by atoms with van der Waals surface area (Å²) in [6, 6.07) is 3.05. The Labute approximate surface area is 121 Å². The zero-order valence-corrected chi connectivity index (χ0v) is 12.0. The largest absolute Gasteiger partial charge is 0.493 e. The molecule has 0 radical (unpaired) electrons. The van der Waals surface area contributed by atoms with E-state index in [4.69, 9.17) is 25.8 Å². The van der Waals surface area contributed by atoms with Crippen LogP contribution in [0.15, 0.2) is 12.1 Å². The number of rotatable bonds is 3. The highest BCUT2D eigenvalue weighted by Gasteiger charge is 2.34. The maximum Gasteiger partial charge on any atom is 0.316 e. The Morgan fingerprint density at radius 1 is 1.50 bits per heavy atom. The zero-order chi connectivity index (χ0) is 14.7. The van der Waals surface area contributed by atoms with Gasteiger partial charge >= 0.3 is 5.97 Å². The molecule has 0 bridgehead atoms. The van der Waals surface area contributed by atoms with E-state index in [0.29, 0.717) is 16.5 Å². The summed E-state index contributed by atoms with van der Waals surface area (Å²) in [5, 5.41) is 0.349. The number of hydrogen-bond acceptors (Lipinski definition) is 5. The molecule has 1 atom stereocenters. The van der Waals surface area contributed by atoms with Crippen molar-refractivity contribution in [3.63, 3.8) is 0 Å². The Morgan fingerprint density at radius 2 is 2.25 bits per heavy atom. The number of benzene rings is 1. The quantitative estimate of drug-likeness (QED) is 0.634. The number of fused-ring (bicyclic) bond motifs is 1. The molecule has 20 heavy (non-hydrogen) atoms. The van der Waals surface area contributed by atoms with Gasteiger partial charge in [-0.15, -0.1) is 0 Å². The van der Waals surface area contributed by atoms with Crippen LogP contribution in [0.1, 0.15) is 23.7 Å². The molecule has 0 aliphatic carbocycles.